The number of nitrogens with zero attached hydrogens (tertiary/aromatic N) is 3. The molecule has 3 N–H and O–H groups in total. The summed E-state index contributed by atoms with van der Waals surface area (Å²) in [5.74, 6) is -0.0215. The maximum atomic E-state index is 12.4. The van der Waals surface area contributed by atoms with E-state index in [9.17, 15) is 9.59 Å². The fourth-order valence-electron chi connectivity index (χ4n) is 3.95. The number of urea groups is 1. The van der Waals surface area contributed by atoms with E-state index in [1.54, 1.807) is 12.4 Å². The van der Waals surface area contributed by atoms with Gasteiger partial charge in [0.25, 0.3) is 0 Å². The first-order chi connectivity index (χ1) is 14.1. The highest BCUT2D eigenvalue weighted by Crippen LogP contribution is 2.17. The van der Waals surface area contributed by atoms with E-state index < -0.39 is 0 Å². The Balaban J connectivity index is 1.42. The second-order valence-electron chi connectivity index (χ2n) is 8.15. The number of carbonyl (C=O) groups excluding carboxylic acids is 2. The van der Waals surface area contributed by atoms with Gasteiger partial charge in [0.15, 0.2) is 0 Å². The number of aromatic nitrogens is 1. The molecule has 1 saturated carbocycles. The van der Waals surface area contributed by atoms with Gasteiger partial charge < -0.3 is 20.9 Å². The zero-order valence-electron chi connectivity index (χ0n) is 17.5. The third-order valence-corrected chi connectivity index (χ3v) is 5.77. The zero-order chi connectivity index (χ0) is 20.5. The van der Waals surface area contributed by atoms with Crippen molar-refractivity contribution in [1.29, 1.82) is 0 Å². The van der Waals surface area contributed by atoms with Crippen molar-refractivity contribution in [2.45, 2.75) is 44.6 Å². The summed E-state index contributed by atoms with van der Waals surface area (Å²) in [7, 11) is 2.10. The van der Waals surface area contributed by atoms with Crippen LogP contribution in [0.25, 0.3) is 0 Å². The van der Waals surface area contributed by atoms with Crippen molar-refractivity contribution < 1.29 is 9.59 Å². The molecule has 0 atom stereocenters. The summed E-state index contributed by atoms with van der Waals surface area (Å²) in [6.45, 7) is 4.70. The van der Waals surface area contributed by atoms with Gasteiger partial charge in [-0.25, -0.2) is 4.79 Å². The SMILES string of the molecule is CN1CCN(CC(=O)Nc2cnccc2CCNC(=O)NC2CCCCC2)CC1. The molecule has 0 aromatic carbocycles. The van der Waals surface area contributed by atoms with Gasteiger partial charge in [0.2, 0.25) is 5.91 Å². The number of likely N-dealkylation sites (N-methyl/N-ethyl adjacent to an activating group) is 1. The van der Waals surface area contributed by atoms with Gasteiger partial charge in [0.05, 0.1) is 18.4 Å². The lowest BCUT2D eigenvalue weighted by Crippen LogP contribution is -2.47. The number of rotatable bonds is 7. The average molecular weight is 403 g/mol. The van der Waals surface area contributed by atoms with Crippen molar-refractivity contribution in [3.8, 4) is 0 Å². The topological polar surface area (TPSA) is 89.6 Å². The predicted molar refractivity (Wildman–Crippen MR) is 114 cm³/mol. The third-order valence-electron chi connectivity index (χ3n) is 5.77. The Morgan fingerprint density at radius 3 is 2.66 bits per heavy atom. The summed E-state index contributed by atoms with van der Waals surface area (Å²) >= 11 is 0. The van der Waals surface area contributed by atoms with Crippen LogP contribution in [0.3, 0.4) is 0 Å². The highest BCUT2D eigenvalue weighted by atomic mass is 16.2. The number of piperazine rings is 1. The molecule has 3 rings (SSSR count). The Kier molecular flexibility index (Phi) is 8.25. The molecule has 29 heavy (non-hydrogen) atoms. The highest BCUT2D eigenvalue weighted by Gasteiger charge is 2.18. The molecule has 1 aliphatic heterocycles. The zero-order valence-corrected chi connectivity index (χ0v) is 17.5. The fraction of sp³-hybridized carbons (Fsp3) is 0.667. The van der Waals surface area contributed by atoms with E-state index in [0.29, 0.717) is 25.6 Å². The van der Waals surface area contributed by atoms with E-state index >= 15 is 0 Å². The van der Waals surface area contributed by atoms with Crippen molar-refractivity contribution in [1.82, 2.24) is 25.4 Å². The highest BCUT2D eigenvalue weighted by molar-refractivity contribution is 5.92. The van der Waals surface area contributed by atoms with Crippen LogP contribution in [0.2, 0.25) is 0 Å². The molecule has 1 aliphatic carbocycles. The lowest BCUT2D eigenvalue weighted by Gasteiger charge is -2.31. The summed E-state index contributed by atoms with van der Waals surface area (Å²) in [5, 5.41) is 8.98. The van der Waals surface area contributed by atoms with Crippen molar-refractivity contribution in [2.24, 2.45) is 0 Å². The quantitative estimate of drug-likeness (QED) is 0.642. The van der Waals surface area contributed by atoms with E-state index in [4.69, 9.17) is 0 Å². The molecule has 8 heteroatoms. The Morgan fingerprint density at radius 2 is 1.90 bits per heavy atom. The minimum absolute atomic E-state index is 0.0215. The maximum absolute atomic E-state index is 12.4. The molecule has 0 spiro atoms. The van der Waals surface area contributed by atoms with Crippen LogP contribution in [0.1, 0.15) is 37.7 Å². The maximum Gasteiger partial charge on any atom is 0.315 e. The Morgan fingerprint density at radius 1 is 1.14 bits per heavy atom. The normalized spacial score (nSPS) is 18.9. The van der Waals surface area contributed by atoms with Crippen LogP contribution in [-0.2, 0) is 11.2 Å². The van der Waals surface area contributed by atoms with Crippen LogP contribution >= 0.6 is 0 Å². The predicted octanol–water partition coefficient (Wildman–Crippen LogP) is 1.44. The molecule has 0 bridgehead atoms. The third kappa shape index (κ3) is 7.29. The average Bonchev–Trinajstić information content (AvgIpc) is 2.72. The lowest BCUT2D eigenvalue weighted by molar-refractivity contribution is -0.117. The first-order valence-corrected chi connectivity index (χ1v) is 10.8. The van der Waals surface area contributed by atoms with E-state index in [-0.39, 0.29) is 11.9 Å². The van der Waals surface area contributed by atoms with Crippen molar-refractivity contribution in [3.63, 3.8) is 0 Å². The smallest absolute Gasteiger partial charge is 0.315 e. The summed E-state index contributed by atoms with van der Waals surface area (Å²) in [4.78, 5) is 33.1. The molecule has 8 nitrogen and oxygen atoms in total. The number of carbonyl (C=O) groups is 2. The first-order valence-electron chi connectivity index (χ1n) is 10.8. The van der Waals surface area contributed by atoms with Gasteiger partial charge >= 0.3 is 6.03 Å². The second kappa shape index (κ2) is 11.1. The van der Waals surface area contributed by atoms with E-state index in [1.807, 2.05) is 6.07 Å². The summed E-state index contributed by atoms with van der Waals surface area (Å²) in [5.41, 5.74) is 1.70. The molecule has 0 radical (unpaired) electrons. The fourth-order valence-corrected chi connectivity index (χ4v) is 3.95. The number of hydrogen-bond donors (Lipinski definition) is 3. The minimum atomic E-state index is -0.105. The lowest BCUT2D eigenvalue weighted by atomic mass is 9.96. The molecule has 2 fully saturated rings. The monoisotopic (exact) mass is 402 g/mol. The molecule has 3 amide bonds. The van der Waals surface area contributed by atoms with Gasteiger partial charge in [-0.15, -0.1) is 0 Å². The molecule has 2 heterocycles. The van der Waals surface area contributed by atoms with Gasteiger partial charge in [-0.3, -0.25) is 14.7 Å². The Bertz CT molecular complexity index is 669. The van der Waals surface area contributed by atoms with Gasteiger partial charge in [0, 0.05) is 45.0 Å². The van der Waals surface area contributed by atoms with Crippen LogP contribution in [0.15, 0.2) is 18.5 Å². The molecule has 1 aromatic heterocycles. The minimum Gasteiger partial charge on any atom is -0.338 e. The number of amides is 3. The summed E-state index contributed by atoms with van der Waals surface area (Å²) < 4.78 is 0. The van der Waals surface area contributed by atoms with Crippen LogP contribution < -0.4 is 16.0 Å². The number of anilines is 1. The van der Waals surface area contributed by atoms with Gasteiger partial charge in [-0.05, 0) is 37.9 Å². The van der Waals surface area contributed by atoms with Crippen LogP contribution in [-0.4, -0.2) is 79.1 Å². The molecular formula is C21H34N6O2. The van der Waals surface area contributed by atoms with Crippen molar-refractivity contribution >= 4 is 17.6 Å². The number of pyridine rings is 1. The molecule has 160 valence electrons. The molecular weight excluding hydrogens is 368 g/mol. The molecule has 1 aromatic rings. The Labute approximate surface area is 173 Å². The van der Waals surface area contributed by atoms with Crippen LogP contribution in [0.4, 0.5) is 10.5 Å². The molecule has 1 saturated heterocycles. The van der Waals surface area contributed by atoms with Crippen LogP contribution in [0, 0.1) is 0 Å². The van der Waals surface area contributed by atoms with Gasteiger partial charge in [0.1, 0.15) is 0 Å². The van der Waals surface area contributed by atoms with E-state index in [2.05, 4.69) is 37.8 Å². The summed E-state index contributed by atoms with van der Waals surface area (Å²) in [6.07, 6.45) is 9.84. The van der Waals surface area contributed by atoms with Gasteiger partial charge in [-0.1, -0.05) is 19.3 Å². The van der Waals surface area contributed by atoms with Gasteiger partial charge in [-0.2, -0.15) is 0 Å². The van der Waals surface area contributed by atoms with E-state index in [0.717, 1.165) is 50.3 Å². The van der Waals surface area contributed by atoms with Crippen molar-refractivity contribution in [3.05, 3.63) is 24.0 Å². The first kappa shape index (κ1) is 21.5. The van der Waals surface area contributed by atoms with E-state index in [1.165, 1.54) is 19.3 Å². The standard InChI is InChI=1S/C21H34N6O2/c1-26-11-13-27(14-12-26)16-20(28)25-19-15-22-9-7-17(19)8-10-23-21(29)24-18-5-3-2-4-6-18/h7,9,15,18H,2-6,8,10-14,16H2,1H3,(H,25,28)(H2,23,24,29). The Hall–Kier alpha value is -2.19. The largest absolute Gasteiger partial charge is 0.338 e. The van der Waals surface area contributed by atoms with Crippen LogP contribution in [0.5, 0.6) is 0 Å². The summed E-state index contributed by atoms with van der Waals surface area (Å²) in [6, 6.07) is 2.09. The molecule has 2 aliphatic rings. The second-order valence-corrected chi connectivity index (χ2v) is 8.15. The van der Waals surface area contributed by atoms with Crippen molar-refractivity contribution in [2.75, 3.05) is 51.6 Å². The molecule has 0 unspecified atom stereocenters. The number of nitrogens with one attached hydrogen (secondary N) is 3. The number of hydrogen-bond acceptors (Lipinski definition) is 5.